The Labute approximate surface area is 156 Å². The summed E-state index contributed by atoms with van der Waals surface area (Å²) >= 11 is 6.03. The molecule has 0 fully saturated rings. The van der Waals surface area contributed by atoms with E-state index in [0.717, 1.165) is 17.9 Å². The third kappa shape index (κ3) is 3.50. The quantitative estimate of drug-likeness (QED) is 0.576. The van der Waals surface area contributed by atoms with Gasteiger partial charge in [-0.1, -0.05) is 35.9 Å². The van der Waals surface area contributed by atoms with E-state index in [-0.39, 0.29) is 10.5 Å². The number of aryl methyl sites for hydroxylation is 1. The van der Waals surface area contributed by atoms with Gasteiger partial charge in [0.2, 0.25) is 0 Å². The summed E-state index contributed by atoms with van der Waals surface area (Å²) in [5, 5.41) is 0.532. The first-order valence-corrected chi connectivity index (χ1v) is 10.0. The molecule has 0 aliphatic heterocycles. The molecule has 3 rings (SSSR count). The standard InChI is InChI=1S/C20H15ClF2O2S/c1-12-11-14(5-9-17(12)21)19-16(8-10-18(22)20(19)23)13-3-6-15(7-4-13)26(2,24)25/h3-11H,1-2H3. The van der Waals surface area contributed by atoms with E-state index in [1.807, 2.05) is 0 Å². The van der Waals surface area contributed by atoms with Crippen LogP contribution < -0.4 is 0 Å². The van der Waals surface area contributed by atoms with E-state index in [4.69, 9.17) is 11.6 Å². The first kappa shape index (κ1) is 18.5. The van der Waals surface area contributed by atoms with Crippen molar-refractivity contribution in [2.24, 2.45) is 0 Å². The predicted molar refractivity (Wildman–Crippen MR) is 100 cm³/mol. The molecule has 0 atom stereocenters. The fraction of sp³-hybridized carbons (Fsp3) is 0.100. The van der Waals surface area contributed by atoms with Gasteiger partial charge in [-0.25, -0.2) is 17.2 Å². The van der Waals surface area contributed by atoms with Gasteiger partial charge in [0, 0.05) is 16.8 Å². The second-order valence-corrected chi connectivity index (χ2v) is 8.47. The molecule has 0 aliphatic carbocycles. The average Bonchev–Trinajstić information content (AvgIpc) is 2.59. The molecule has 2 nitrogen and oxygen atoms in total. The maximum atomic E-state index is 14.6. The molecule has 0 amide bonds. The lowest BCUT2D eigenvalue weighted by Crippen LogP contribution is -1.97. The van der Waals surface area contributed by atoms with Gasteiger partial charge in [0.15, 0.2) is 21.5 Å². The summed E-state index contributed by atoms with van der Waals surface area (Å²) < 4.78 is 51.7. The molecule has 26 heavy (non-hydrogen) atoms. The van der Waals surface area contributed by atoms with Crippen molar-refractivity contribution in [1.82, 2.24) is 0 Å². The van der Waals surface area contributed by atoms with Crippen LogP contribution in [0.25, 0.3) is 22.3 Å². The largest absolute Gasteiger partial charge is 0.224 e. The Bertz CT molecular complexity index is 1090. The van der Waals surface area contributed by atoms with Crippen LogP contribution in [0.2, 0.25) is 5.02 Å². The lowest BCUT2D eigenvalue weighted by molar-refractivity contribution is 0.511. The summed E-state index contributed by atoms with van der Waals surface area (Å²) in [5.74, 6) is -1.92. The first-order chi connectivity index (χ1) is 12.2. The van der Waals surface area contributed by atoms with Crippen LogP contribution in [-0.2, 0) is 9.84 Å². The van der Waals surface area contributed by atoms with Crippen LogP contribution in [0.4, 0.5) is 8.78 Å². The zero-order valence-electron chi connectivity index (χ0n) is 14.1. The van der Waals surface area contributed by atoms with Gasteiger partial charge in [-0.2, -0.15) is 0 Å². The summed E-state index contributed by atoms with van der Waals surface area (Å²) in [7, 11) is -3.34. The monoisotopic (exact) mass is 392 g/mol. The Kier molecular flexibility index (Phi) is 4.86. The van der Waals surface area contributed by atoms with E-state index in [2.05, 4.69) is 0 Å². The smallest absolute Gasteiger partial charge is 0.175 e. The van der Waals surface area contributed by atoms with Crippen LogP contribution in [0.3, 0.4) is 0 Å². The van der Waals surface area contributed by atoms with E-state index in [1.54, 1.807) is 37.3 Å². The SMILES string of the molecule is Cc1cc(-c2c(-c3ccc(S(C)(=O)=O)cc3)ccc(F)c2F)ccc1Cl. The molecule has 0 heterocycles. The molecule has 134 valence electrons. The topological polar surface area (TPSA) is 34.1 Å². The molecule has 0 spiro atoms. The van der Waals surface area contributed by atoms with Crippen molar-refractivity contribution in [3.63, 3.8) is 0 Å². The van der Waals surface area contributed by atoms with Crippen LogP contribution >= 0.6 is 11.6 Å². The molecule has 0 aromatic heterocycles. The van der Waals surface area contributed by atoms with E-state index in [1.165, 1.54) is 18.2 Å². The minimum absolute atomic E-state index is 0.108. The van der Waals surface area contributed by atoms with Crippen molar-refractivity contribution in [2.45, 2.75) is 11.8 Å². The van der Waals surface area contributed by atoms with E-state index < -0.39 is 21.5 Å². The maximum absolute atomic E-state index is 14.6. The fourth-order valence-corrected chi connectivity index (χ4v) is 3.50. The van der Waals surface area contributed by atoms with Gasteiger partial charge in [0.1, 0.15) is 0 Å². The Morgan fingerprint density at radius 2 is 1.50 bits per heavy atom. The van der Waals surface area contributed by atoms with Gasteiger partial charge in [-0.05, 0) is 59.5 Å². The molecule has 0 saturated carbocycles. The van der Waals surface area contributed by atoms with Crippen molar-refractivity contribution in [1.29, 1.82) is 0 Å². The zero-order chi connectivity index (χ0) is 19.1. The number of hydrogen-bond acceptors (Lipinski definition) is 2. The van der Waals surface area contributed by atoms with Crippen LogP contribution in [0.15, 0.2) is 59.5 Å². The highest BCUT2D eigenvalue weighted by atomic mass is 35.5. The van der Waals surface area contributed by atoms with Crippen molar-refractivity contribution in [3.05, 3.63) is 76.8 Å². The number of halogens is 3. The van der Waals surface area contributed by atoms with Gasteiger partial charge >= 0.3 is 0 Å². The number of benzene rings is 3. The minimum Gasteiger partial charge on any atom is -0.224 e. The third-order valence-electron chi connectivity index (χ3n) is 4.13. The fourth-order valence-electron chi connectivity index (χ4n) is 2.76. The second-order valence-electron chi connectivity index (χ2n) is 6.04. The highest BCUT2D eigenvalue weighted by Crippen LogP contribution is 2.37. The Hall–Kier alpha value is -2.24. The minimum atomic E-state index is -3.34. The Morgan fingerprint density at radius 1 is 0.885 bits per heavy atom. The van der Waals surface area contributed by atoms with Gasteiger partial charge in [-0.15, -0.1) is 0 Å². The summed E-state index contributed by atoms with van der Waals surface area (Å²) in [6.45, 7) is 1.78. The van der Waals surface area contributed by atoms with Gasteiger partial charge in [0.25, 0.3) is 0 Å². The maximum Gasteiger partial charge on any atom is 0.175 e. The van der Waals surface area contributed by atoms with Crippen molar-refractivity contribution >= 4 is 21.4 Å². The third-order valence-corrected chi connectivity index (χ3v) is 5.69. The summed E-state index contributed by atoms with van der Waals surface area (Å²) in [6.07, 6.45) is 1.11. The molecule has 0 aliphatic rings. The van der Waals surface area contributed by atoms with Crippen LogP contribution in [0, 0.1) is 18.6 Å². The molecule has 3 aromatic carbocycles. The molecule has 0 N–H and O–H groups in total. The molecule has 3 aromatic rings. The van der Waals surface area contributed by atoms with E-state index >= 15 is 0 Å². The van der Waals surface area contributed by atoms with Crippen LogP contribution in [-0.4, -0.2) is 14.7 Å². The highest BCUT2D eigenvalue weighted by molar-refractivity contribution is 7.90. The number of hydrogen-bond donors (Lipinski definition) is 0. The highest BCUT2D eigenvalue weighted by Gasteiger charge is 2.18. The lowest BCUT2D eigenvalue weighted by Gasteiger charge is -2.13. The van der Waals surface area contributed by atoms with Crippen molar-refractivity contribution in [3.8, 4) is 22.3 Å². The van der Waals surface area contributed by atoms with Crippen LogP contribution in [0.5, 0.6) is 0 Å². The van der Waals surface area contributed by atoms with E-state index in [0.29, 0.717) is 21.7 Å². The second kappa shape index (κ2) is 6.82. The average molecular weight is 393 g/mol. The Balaban J connectivity index is 2.22. The number of rotatable bonds is 3. The zero-order valence-corrected chi connectivity index (χ0v) is 15.6. The molecule has 0 saturated heterocycles. The first-order valence-electron chi connectivity index (χ1n) is 7.73. The van der Waals surface area contributed by atoms with Crippen LogP contribution in [0.1, 0.15) is 5.56 Å². The van der Waals surface area contributed by atoms with Gasteiger partial charge in [0.05, 0.1) is 4.90 Å². The molecular formula is C20H15ClF2O2S. The lowest BCUT2D eigenvalue weighted by atomic mass is 9.93. The van der Waals surface area contributed by atoms with E-state index in [9.17, 15) is 17.2 Å². The molecular weight excluding hydrogens is 378 g/mol. The predicted octanol–water partition coefficient (Wildman–Crippen LogP) is 5.66. The summed E-state index contributed by atoms with van der Waals surface area (Å²) in [5.41, 5.74) is 2.39. The molecule has 0 radical (unpaired) electrons. The number of sulfone groups is 1. The summed E-state index contributed by atoms with van der Waals surface area (Å²) in [4.78, 5) is 0.160. The van der Waals surface area contributed by atoms with Gasteiger partial charge in [-0.3, -0.25) is 0 Å². The normalized spacial score (nSPS) is 11.6. The molecule has 0 unspecified atom stereocenters. The van der Waals surface area contributed by atoms with Crippen molar-refractivity contribution in [2.75, 3.05) is 6.26 Å². The Morgan fingerprint density at radius 3 is 2.08 bits per heavy atom. The molecule has 0 bridgehead atoms. The van der Waals surface area contributed by atoms with Gasteiger partial charge < -0.3 is 0 Å². The molecule has 6 heteroatoms. The van der Waals surface area contributed by atoms with Crippen molar-refractivity contribution < 1.29 is 17.2 Å². The summed E-state index contributed by atoms with van der Waals surface area (Å²) in [6, 6.07) is 13.5.